The predicted octanol–water partition coefficient (Wildman–Crippen LogP) is 3.80. The summed E-state index contributed by atoms with van der Waals surface area (Å²) in [5.41, 5.74) is 3.23. The molecule has 0 atom stereocenters. The first-order valence-electron chi connectivity index (χ1n) is 9.98. The van der Waals surface area contributed by atoms with Crippen molar-refractivity contribution in [2.24, 2.45) is 4.99 Å². The highest BCUT2D eigenvalue weighted by molar-refractivity contribution is 14.0. The molecule has 8 heteroatoms. The van der Waals surface area contributed by atoms with Crippen LogP contribution in [0.2, 0.25) is 0 Å². The molecule has 0 radical (unpaired) electrons. The maximum atomic E-state index is 12.1. The smallest absolute Gasteiger partial charge is 0.227 e. The lowest BCUT2D eigenvalue weighted by molar-refractivity contribution is -0.116. The van der Waals surface area contributed by atoms with Gasteiger partial charge in [-0.25, -0.2) is 9.98 Å². The van der Waals surface area contributed by atoms with Crippen molar-refractivity contribution >= 4 is 41.7 Å². The summed E-state index contributed by atoms with van der Waals surface area (Å²) in [6, 6.07) is 9.83. The maximum absolute atomic E-state index is 12.1. The Bertz CT molecular complexity index is 825. The van der Waals surface area contributed by atoms with Crippen LogP contribution in [0.15, 0.2) is 41.5 Å². The van der Waals surface area contributed by atoms with Crippen LogP contribution in [0.4, 0.5) is 5.82 Å². The fourth-order valence-corrected chi connectivity index (χ4v) is 2.63. The number of carbonyl (C=O) groups is 1. The molecule has 0 aliphatic carbocycles. The Morgan fingerprint density at radius 1 is 1.10 bits per heavy atom. The molecule has 30 heavy (non-hydrogen) atoms. The first-order chi connectivity index (χ1) is 14.0. The van der Waals surface area contributed by atoms with Gasteiger partial charge in [0.2, 0.25) is 5.91 Å². The van der Waals surface area contributed by atoms with Crippen molar-refractivity contribution in [1.29, 1.82) is 0 Å². The molecule has 0 aliphatic rings. The van der Waals surface area contributed by atoms with E-state index in [1.54, 1.807) is 12.3 Å². The first-order valence-corrected chi connectivity index (χ1v) is 9.98. The van der Waals surface area contributed by atoms with E-state index in [0.29, 0.717) is 37.9 Å². The molecule has 0 spiro atoms. The van der Waals surface area contributed by atoms with Crippen LogP contribution in [0.25, 0.3) is 0 Å². The third-order valence-corrected chi connectivity index (χ3v) is 4.10. The minimum atomic E-state index is -0.0955. The van der Waals surface area contributed by atoms with E-state index in [1.165, 1.54) is 0 Å². The summed E-state index contributed by atoms with van der Waals surface area (Å²) >= 11 is 0. The zero-order valence-corrected chi connectivity index (χ0v) is 20.4. The van der Waals surface area contributed by atoms with E-state index in [-0.39, 0.29) is 29.9 Å². The quantitative estimate of drug-likeness (QED) is 0.264. The number of ether oxygens (including phenoxy) is 1. The van der Waals surface area contributed by atoms with Crippen LogP contribution in [0.1, 0.15) is 37.0 Å². The highest BCUT2D eigenvalue weighted by atomic mass is 127. The molecule has 164 valence electrons. The lowest BCUT2D eigenvalue weighted by atomic mass is 10.1. The Morgan fingerprint density at radius 2 is 1.87 bits per heavy atom. The Labute approximate surface area is 196 Å². The van der Waals surface area contributed by atoms with Crippen LogP contribution in [0.5, 0.6) is 5.75 Å². The molecular formula is C22H32IN5O2. The third-order valence-electron chi connectivity index (χ3n) is 4.10. The van der Waals surface area contributed by atoms with E-state index in [4.69, 9.17) is 4.74 Å². The molecule has 0 fully saturated rings. The minimum absolute atomic E-state index is 0. The molecule has 3 N–H and O–H groups in total. The first kappa shape index (κ1) is 25.7. The van der Waals surface area contributed by atoms with Gasteiger partial charge in [0.15, 0.2) is 5.96 Å². The molecule has 7 nitrogen and oxygen atoms in total. The van der Waals surface area contributed by atoms with Crippen LogP contribution in [-0.4, -0.2) is 36.5 Å². The van der Waals surface area contributed by atoms with E-state index in [0.717, 1.165) is 29.0 Å². The summed E-state index contributed by atoms with van der Waals surface area (Å²) in [7, 11) is 0. The molecule has 1 amide bonds. The number of nitrogens with one attached hydrogen (secondary N) is 3. The van der Waals surface area contributed by atoms with Gasteiger partial charge in [-0.3, -0.25) is 4.79 Å². The average molecular weight is 525 g/mol. The Morgan fingerprint density at radius 3 is 2.53 bits per heavy atom. The van der Waals surface area contributed by atoms with Crippen molar-refractivity contribution in [3.05, 3.63) is 53.2 Å². The number of pyridine rings is 1. The SMILES string of the molecule is CCNC(=NCc1ccc(C)cc1OCC)NCCC(=O)Nc1ccc(C)cn1.I. The number of aliphatic imine (C=N–C) groups is 1. The summed E-state index contributed by atoms with van der Waals surface area (Å²) in [6.45, 7) is 10.3. The molecule has 1 aromatic carbocycles. The number of aryl methyl sites for hydroxylation is 2. The topological polar surface area (TPSA) is 87.6 Å². The van der Waals surface area contributed by atoms with E-state index >= 15 is 0 Å². The number of rotatable bonds is 9. The molecule has 0 bridgehead atoms. The molecule has 2 aromatic rings. The van der Waals surface area contributed by atoms with Gasteiger partial charge in [-0.2, -0.15) is 0 Å². The number of anilines is 1. The summed E-state index contributed by atoms with van der Waals surface area (Å²) < 4.78 is 5.72. The van der Waals surface area contributed by atoms with Crippen molar-refractivity contribution in [2.45, 2.75) is 40.7 Å². The highest BCUT2D eigenvalue weighted by Gasteiger charge is 2.06. The number of amides is 1. The second-order valence-corrected chi connectivity index (χ2v) is 6.69. The van der Waals surface area contributed by atoms with Gasteiger partial charge in [0.1, 0.15) is 11.6 Å². The molecule has 0 unspecified atom stereocenters. The number of hydrogen-bond acceptors (Lipinski definition) is 4. The van der Waals surface area contributed by atoms with Gasteiger partial charge in [-0.1, -0.05) is 18.2 Å². The van der Waals surface area contributed by atoms with E-state index in [9.17, 15) is 4.79 Å². The van der Waals surface area contributed by atoms with Crippen LogP contribution < -0.4 is 20.7 Å². The van der Waals surface area contributed by atoms with Crippen molar-refractivity contribution in [2.75, 3.05) is 25.0 Å². The number of guanidine groups is 1. The van der Waals surface area contributed by atoms with Crippen LogP contribution in [0, 0.1) is 13.8 Å². The van der Waals surface area contributed by atoms with Crippen molar-refractivity contribution in [1.82, 2.24) is 15.6 Å². The van der Waals surface area contributed by atoms with Gasteiger partial charge in [-0.05, 0) is 51.0 Å². The zero-order valence-electron chi connectivity index (χ0n) is 18.1. The predicted molar refractivity (Wildman–Crippen MR) is 133 cm³/mol. The Balaban J connectivity index is 0.00000450. The van der Waals surface area contributed by atoms with Gasteiger partial charge in [0.25, 0.3) is 0 Å². The molecule has 1 aromatic heterocycles. The van der Waals surface area contributed by atoms with Crippen LogP contribution in [0.3, 0.4) is 0 Å². The van der Waals surface area contributed by atoms with E-state index in [1.807, 2.05) is 45.9 Å². The van der Waals surface area contributed by atoms with Gasteiger partial charge in [0, 0.05) is 31.3 Å². The van der Waals surface area contributed by atoms with Gasteiger partial charge in [-0.15, -0.1) is 24.0 Å². The molecular weight excluding hydrogens is 493 g/mol. The van der Waals surface area contributed by atoms with Gasteiger partial charge >= 0.3 is 0 Å². The standard InChI is InChI=1S/C22H31N5O2.HI/c1-5-23-22(26-15-18-9-7-16(3)13-19(18)29-6-2)24-12-11-21(28)27-20-10-8-17(4)14-25-20;/h7-10,13-14H,5-6,11-12,15H2,1-4H3,(H2,23,24,26)(H,25,27,28);1H. The Hall–Kier alpha value is -2.36. The zero-order chi connectivity index (χ0) is 21.1. The molecule has 1 heterocycles. The lowest BCUT2D eigenvalue weighted by Crippen LogP contribution is -2.38. The Kier molecular flexibility index (Phi) is 11.8. The number of carbonyl (C=O) groups excluding carboxylic acids is 1. The van der Waals surface area contributed by atoms with Crippen molar-refractivity contribution in [3.63, 3.8) is 0 Å². The number of aromatic nitrogens is 1. The van der Waals surface area contributed by atoms with Crippen molar-refractivity contribution < 1.29 is 9.53 Å². The number of nitrogens with zero attached hydrogens (tertiary/aromatic N) is 2. The van der Waals surface area contributed by atoms with Crippen LogP contribution >= 0.6 is 24.0 Å². The molecule has 0 aliphatic heterocycles. The second kappa shape index (κ2) is 13.8. The average Bonchev–Trinajstić information content (AvgIpc) is 2.69. The summed E-state index contributed by atoms with van der Waals surface area (Å²) in [5.74, 6) is 1.99. The van der Waals surface area contributed by atoms with Crippen LogP contribution in [-0.2, 0) is 11.3 Å². The fourth-order valence-electron chi connectivity index (χ4n) is 2.63. The summed E-state index contributed by atoms with van der Waals surface area (Å²) in [5, 5.41) is 9.19. The largest absolute Gasteiger partial charge is 0.494 e. The summed E-state index contributed by atoms with van der Waals surface area (Å²) in [4.78, 5) is 20.9. The van der Waals surface area contributed by atoms with Gasteiger partial charge in [0.05, 0.1) is 13.2 Å². The lowest BCUT2D eigenvalue weighted by Gasteiger charge is -2.13. The fraction of sp³-hybridized carbons (Fsp3) is 0.409. The maximum Gasteiger partial charge on any atom is 0.227 e. The highest BCUT2D eigenvalue weighted by Crippen LogP contribution is 2.21. The monoisotopic (exact) mass is 525 g/mol. The molecule has 0 saturated carbocycles. The van der Waals surface area contributed by atoms with E-state index < -0.39 is 0 Å². The normalized spacial score (nSPS) is 10.7. The molecule has 2 rings (SSSR count). The minimum Gasteiger partial charge on any atom is -0.494 e. The molecule has 0 saturated heterocycles. The number of halogens is 1. The number of benzene rings is 1. The third kappa shape index (κ3) is 8.98. The second-order valence-electron chi connectivity index (χ2n) is 6.69. The van der Waals surface area contributed by atoms with Gasteiger partial charge < -0.3 is 20.7 Å². The van der Waals surface area contributed by atoms with E-state index in [2.05, 4.69) is 32.0 Å². The van der Waals surface area contributed by atoms with Crippen molar-refractivity contribution in [3.8, 4) is 5.75 Å². The summed E-state index contributed by atoms with van der Waals surface area (Å²) in [6.07, 6.45) is 2.04. The number of hydrogen-bond donors (Lipinski definition) is 3.